The Bertz CT molecular complexity index is 1030. The maximum Gasteiger partial charge on any atom is 0.325 e. The van der Waals surface area contributed by atoms with Gasteiger partial charge in [0.05, 0.1) is 6.04 Å². The van der Waals surface area contributed by atoms with Gasteiger partial charge in [0.25, 0.3) is 0 Å². The van der Waals surface area contributed by atoms with Crippen LogP contribution in [0.25, 0.3) is 10.8 Å². The first kappa shape index (κ1) is 20.1. The lowest BCUT2D eigenvalue weighted by Crippen LogP contribution is -2.55. The Balaban J connectivity index is 1.46. The Morgan fingerprint density at radius 2 is 1.90 bits per heavy atom. The van der Waals surface area contributed by atoms with Crippen molar-refractivity contribution in [3.05, 3.63) is 60.6 Å². The summed E-state index contributed by atoms with van der Waals surface area (Å²) >= 11 is 0. The first-order valence-electron chi connectivity index (χ1n) is 11.5. The van der Waals surface area contributed by atoms with Crippen LogP contribution in [0.4, 0.5) is 10.6 Å². The number of nitrogens with one attached hydrogen (secondary N) is 1. The Morgan fingerprint density at radius 3 is 2.65 bits per heavy atom. The predicted octanol–water partition coefficient (Wildman–Crippen LogP) is 4.36. The predicted molar refractivity (Wildman–Crippen MR) is 125 cm³/mol. The third-order valence-corrected chi connectivity index (χ3v) is 6.83. The van der Waals surface area contributed by atoms with Gasteiger partial charge >= 0.3 is 6.03 Å². The molecule has 2 amide bonds. The Kier molecular flexibility index (Phi) is 5.64. The highest BCUT2D eigenvalue weighted by atomic mass is 16.2. The van der Waals surface area contributed by atoms with Crippen LogP contribution in [0, 0.1) is 6.92 Å². The van der Waals surface area contributed by atoms with Crippen LogP contribution < -0.4 is 10.2 Å². The lowest BCUT2D eigenvalue weighted by Gasteiger charge is -2.40. The van der Waals surface area contributed by atoms with Crippen LogP contribution in [-0.2, 0) is 0 Å². The number of urea groups is 1. The highest BCUT2D eigenvalue weighted by molar-refractivity contribution is 6.03. The largest absolute Gasteiger partial charge is 0.351 e. The topological polar surface area (TPSA) is 53.4 Å². The number of hydrogen-bond donors (Lipinski definition) is 1. The minimum Gasteiger partial charge on any atom is -0.351 e. The van der Waals surface area contributed by atoms with E-state index in [2.05, 4.69) is 59.5 Å². The summed E-state index contributed by atoms with van der Waals surface area (Å²) in [6, 6.07) is 13.2. The lowest BCUT2D eigenvalue weighted by molar-refractivity contribution is 0.174. The zero-order chi connectivity index (χ0) is 21.2. The summed E-state index contributed by atoms with van der Waals surface area (Å²) in [7, 11) is 0. The van der Waals surface area contributed by atoms with Crippen molar-refractivity contribution in [2.45, 2.75) is 44.7 Å². The molecule has 162 valence electrons. The van der Waals surface area contributed by atoms with Gasteiger partial charge in [-0.25, -0.2) is 9.78 Å². The van der Waals surface area contributed by atoms with E-state index in [0.717, 1.165) is 74.0 Å². The number of carbonyl (C=O) groups excluding carboxylic acids is 1. The number of carbonyl (C=O) groups is 1. The molecular formula is C25H31N5O. The quantitative estimate of drug-likeness (QED) is 0.689. The van der Waals surface area contributed by atoms with E-state index in [4.69, 9.17) is 4.98 Å². The third kappa shape index (κ3) is 3.92. The zero-order valence-corrected chi connectivity index (χ0v) is 18.2. The van der Waals surface area contributed by atoms with E-state index in [0.29, 0.717) is 6.04 Å². The first-order valence-corrected chi connectivity index (χ1v) is 11.5. The number of rotatable bonds is 3. The van der Waals surface area contributed by atoms with Crippen molar-refractivity contribution in [1.82, 2.24) is 19.8 Å². The molecule has 1 N–H and O–H groups in total. The summed E-state index contributed by atoms with van der Waals surface area (Å²) in [5, 5.41) is 5.71. The smallest absolute Gasteiger partial charge is 0.325 e. The first-order chi connectivity index (χ1) is 15.2. The van der Waals surface area contributed by atoms with Gasteiger partial charge in [-0.3, -0.25) is 4.90 Å². The fourth-order valence-electron chi connectivity index (χ4n) is 5.14. The molecule has 1 aromatic carbocycles. The molecule has 3 aromatic rings. The van der Waals surface area contributed by atoms with Gasteiger partial charge in [-0.1, -0.05) is 18.2 Å². The van der Waals surface area contributed by atoms with E-state index in [9.17, 15) is 4.79 Å². The monoisotopic (exact) mass is 417 g/mol. The number of fused-ring (bicyclic) bond motifs is 1. The number of pyridine rings is 1. The van der Waals surface area contributed by atoms with E-state index in [-0.39, 0.29) is 12.1 Å². The maximum absolute atomic E-state index is 13.9. The van der Waals surface area contributed by atoms with E-state index >= 15 is 0 Å². The summed E-state index contributed by atoms with van der Waals surface area (Å²) in [5.74, 6) is 0.807. The number of benzene rings is 1. The van der Waals surface area contributed by atoms with Crippen molar-refractivity contribution in [2.75, 3.05) is 31.1 Å². The molecule has 0 bridgehead atoms. The fraction of sp³-hybridized carbons (Fsp3) is 0.440. The molecule has 2 aliphatic heterocycles. The number of hydrogen-bond acceptors (Lipinski definition) is 3. The number of likely N-dealkylation sites (tertiary alicyclic amines) is 1. The van der Waals surface area contributed by atoms with Crippen molar-refractivity contribution in [1.29, 1.82) is 0 Å². The van der Waals surface area contributed by atoms with E-state index in [1.54, 1.807) is 0 Å². The number of nitrogens with zero attached hydrogens (tertiary/aromatic N) is 4. The Labute approximate surface area is 183 Å². The number of anilines is 1. The van der Waals surface area contributed by atoms with Crippen LogP contribution in [0.1, 0.15) is 37.3 Å². The van der Waals surface area contributed by atoms with E-state index in [1.165, 1.54) is 0 Å². The minimum atomic E-state index is 0.0999. The highest BCUT2D eigenvalue weighted by Gasteiger charge is 2.34. The lowest BCUT2D eigenvalue weighted by atomic mass is 10.0. The number of piperidine rings is 2. The van der Waals surface area contributed by atoms with E-state index < -0.39 is 0 Å². The van der Waals surface area contributed by atoms with Crippen molar-refractivity contribution in [3.8, 4) is 0 Å². The second kappa shape index (κ2) is 8.71. The second-order valence-electron chi connectivity index (χ2n) is 8.81. The van der Waals surface area contributed by atoms with Crippen LogP contribution in [-0.4, -0.2) is 52.7 Å². The molecule has 6 heteroatoms. The van der Waals surface area contributed by atoms with Gasteiger partial charge < -0.3 is 14.8 Å². The molecule has 0 unspecified atom stereocenters. The minimum absolute atomic E-state index is 0.0999. The van der Waals surface area contributed by atoms with Gasteiger partial charge in [0.1, 0.15) is 5.82 Å². The molecule has 5 rings (SSSR count). The van der Waals surface area contributed by atoms with Crippen molar-refractivity contribution in [2.24, 2.45) is 0 Å². The molecule has 1 atom stereocenters. The molecule has 31 heavy (non-hydrogen) atoms. The summed E-state index contributed by atoms with van der Waals surface area (Å²) in [6.07, 6.45) is 10.1. The molecule has 2 fully saturated rings. The van der Waals surface area contributed by atoms with Gasteiger partial charge in [0.2, 0.25) is 0 Å². The number of amides is 2. The second-order valence-corrected chi connectivity index (χ2v) is 8.81. The van der Waals surface area contributed by atoms with Crippen LogP contribution in [0.3, 0.4) is 0 Å². The molecule has 6 nitrogen and oxygen atoms in total. The molecule has 0 saturated carbocycles. The molecule has 0 spiro atoms. The molecule has 0 aliphatic carbocycles. The van der Waals surface area contributed by atoms with Crippen LogP contribution in [0.15, 0.2) is 55.0 Å². The van der Waals surface area contributed by atoms with Crippen LogP contribution >= 0.6 is 0 Å². The van der Waals surface area contributed by atoms with Crippen molar-refractivity contribution < 1.29 is 4.79 Å². The average molecular weight is 418 g/mol. The van der Waals surface area contributed by atoms with Crippen molar-refractivity contribution >= 4 is 22.6 Å². The van der Waals surface area contributed by atoms with Gasteiger partial charge in [0.15, 0.2) is 0 Å². The molecule has 2 aromatic heterocycles. The van der Waals surface area contributed by atoms with Crippen LogP contribution in [0.2, 0.25) is 0 Å². The SMILES string of the molecule is Cc1cccc2ccnc(N(C(=O)N3CCC(n4cccc4)CC3)[C@@H]3CCCNC3)c12. The Morgan fingerprint density at radius 1 is 1.10 bits per heavy atom. The molecule has 2 aliphatic rings. The molecule has 2 saturated heterocycles. The summed E-state index contributed by atoms with van der Waals surface area (Å²) < 4.78 is 2.28. The maximum atomic E-state index is 13.9. The van der Waals surface area contributed by atoms with E-state index in [1.807, 2.05) is 22.1 Å². The number of aromatic nitrogens is 2. The summed E-state index contributed by atoms with van der Waals surface area (Å²) in [5.41, 5.74) is 1.16. The fourth-order valence-corrected chi connectivity index (χ4v) is 5.14. The van der Waals surface area contributed by atoms with Crippen molar-refractivity contribution in [3.63, 3.8) is 0 Å². The summed E-state index contributed by atoms with van der Waals surface area (Å²) in [4.78, 5) is 22.7. The molecule has 4 heterocycles. The van der Waals surface area contributed by atoms with Gasteiger partial charge in [-0.15, -0.1) is 0 Å². The van der Waals surface area contributed by atoms with Gasteiger partial charge in [0, 0.05) is 49.7 Å². The average Bonchev–Trinajstić information content (AvgIpc) is 3.35. The van der Waals surface area contributed by atoms with Crippen LogP contribution in [0.5, 0.6) is 0 Å². The normalized spacial score (nSPS) is 20.2. The van der Waals surface area contributed by atoms with Gasteiger partial charge in [-0.2, -0.15) is 0 Å². The molecule has 0 radical (unpaired) electrons. The van der Waals surface area contributed by atoms with Gasteiger partial charge in [-0.05, 0) is 68.3 Å². The third-order valence-electron chi connectivity index (χ3n) is 6.83. The standard InChI is InChI=1S/C25H31N5O/c1-19-6-4-7-20-9-13-27-24(23(19)20)30(22-8-5-12-26-18-22)25(31)29-16-10-21(11-17-29)28-14-2-3-15-28/h2-4,6-7,9,13-15,21-22,26H,5,8,10-12,16-18H2,1H3/t22-/m1/s1. The Hall–Kier alpha value is -2.86. The highest BCUT2D eigenvalue weighted by Crippen LogP contribution is 2.32. The number of aryl methyl sites for hydroxylation is 1. The zero-order valence-electron chi connectivity index (χ0n) is 18.2. The summed E-state index contributed by atoms with van der Waals surface area (Å²) in [6.45, 7) is 5.50. The molecular weight excluding hydrogens is 386 g/mol.